The van der Waals surface area contributed by atoms with Crippen molar-refractivity contribution in [3.05, 3.63) is 70.8 Å². The van der Waals surface area contributed by atoms with Crippen LogP contribution in [0.4, 0.5) is 0 Å². The van der Waals surface area contributed by atoms with E-state index in [4.69, 9.17) is 0 Å². The van der Waals surface area contributed by atoms with E-state index in [9.17, 15) is 19.2 Å². The number of fused-ring (bicyclic) bond motifs is 1. The van der Waals surface area contributed by atoms with Gasteiger partial charge in [-0.05, 0) is 42.0 Å². The molecule has 0 bridgehead atoms. The zero-order chi connectivity index (χ0) is 21.3. The van der Waals surface area contributed by atoms with E-state index in [1.54, 1.807) is 18.2 Å². The first-order valence-electron chi connectivity index (χ1n) is 10.3. The molecule has 2 aromatic rings. The average Bonchev–Trinajstić information content (AvgIpc) is 3.08. The number of Topliss-reactive ketones (excluding diaryl/α,β-unsaturated/α-hetero) is 1. The van der Waals surface area contributed by atoms with E-state index in [-0.39, 0.29) is 50.0 Å². The van der Waals surface area contributed by atoms with Gasteiger partial charge in [-0.15, -0.1) is 0 Å². The maximum absolute atomic E-state index is 12.9. The molecular formula is C24H26N2O4S. The van der Waals surface area contributed by atoms with Crippen LogP contribution in [0.25, 0.3) is 0 Å². The second-order valence-corrected chi connectivity index (χ2v) is 7.92. The lowest BCUT2D eigenvalue weighted by Crippen LogP contribution is -2.52. The van der Waals surface area contributed by atoms with Gasteiger partial charge in [0.05, 0.1) is 0 Å². The number of imide groups is 1. The largest absolute Gasteiger partial charge is 0.322 e. The lowest BCUT2D eigenvalue weighted by molar-refractivity contribution is -0.136. The zero-order valence-corrected chi connectivity index (χ0v) is 18.4. The topological polar surface area (TPSA) is 83.6 Å². The van der Waals surface area contributed by atoms with Crippen LogP contribution in [-0.4, -0.2) is 34.4 Å². The van der Waals surface area contributed by atoms with Crippen molar-refractivity contribution in [1.29, 1.82) is 0 Å². The molecule has 0 radical (unpaired) electrons. The molecule has 1 N–H and O–H groups in total. The molecule has 2 heterocycles. The van der Waals surface area contributed by atoms with Crippen molar-refractivity contribution in [1.82, 2.24) is 10.2 Å². The molecule has 1 fully saturated rings. The fourth-order valence-corrected chi connectivity index (χ4v) is 4.31. The van der Waals surface area contributed by atoms with Gasteiger partial charge < -0.3 is 4.90 Å². The number of carbonyl (C=O) groups excluding carboxylic acids is 4. The van der Waals surface area contributed by atoms with Crippen LogP contribution in [-0.2, 0) is 16.1 Å². The van der Waals surface area contributed by atoms with Crippen LogP contribution in [0.3, 0.4) is 0 Å². The van der Waals surface area contributed by atoms with E-state index in [2.05, 4.69) is 12.2 Å². The Hall–Kier alpha value is -2.93. The number of hydrogen-bond acceptors (Lipinski definition) is 4. The van der Waals surface area contributed by atoms with Gasteiger partial charge in [-0.1, -0.05) is 43.3 Å². The molecule has 2 aliphatic rings. The summed E-state index contributed by atoms with van der Waals surface area (Å²) in [5.74, 6) is -0.780. The smallest absolute Gasteiger partial charge is 0.255 e. The minimum Gasteiger partial charge on any atom is -0.322 e. The van der Waals surface area contributed by atoms with Crippen LogP contribution < -0.4 is 5.32 Å². The highest BCUT2D eigenvalue weighted by atomic mass is 32.1. The number of ketones is 1. The molecule has 1 unspecified atom stereocenters. The van der Waals surface area contributed by atoms with E-state index in [0.29, 0.717) is 24.0 Å². The summed E-state index contributed by atoms with van der Waals surface area (Å²) in [6, 6.07) is 14.5. The Morgan fingerprint density at radius 1 is 1.13 bits per heavy atom. The van der Waals surface area contributed by atoms with Crippen molar-refractivity contribution in [2.24, 2.45) is 0 Å². The van der Waals surface area contributed by atoms with E-state index < -0.39 is 11.9 Å². The molecule has 6 nitrogen and oxygen atoms in total. The van der Waals surface area contributed by atoms with Crippen LogP contribution in [0.15, 0.2) is 48.5 Å². The van der Waals surface area contributed by atoms with Crippen molar-refractivity contribution >= 4 is 37.0 Å². The minimum absolute atomic E-state index is 0. The van der Waals surface area contributed by atoms with Crippen LogP contribution >= 0.6 is 13.5 Å². The maximum Gasteiger partial charge on any atom is 0.255 e. The Morgan fingerprint density at radius 3 is 2.55 bits per heavy atom. The highest BCUT2D eigenvalue weighted by Crippen LogP contribution is 2.30. The van der Waals surface area contributed by atoms with Gasteiger partial charge in [0, 0.05) is 30.5 Å². The Labute approximate surface area is 188 Å². The second kappa shape index (κ2) is 9.47. The monoisotopic (exact) mass is 438 g/mol. The Morgan fingerprint density at radius 2 is 1.87 bits per heavy atom. The van der Waals surface area contributed by atoms with Crippen LogP contribution in [0.2, 0.25) is 0 Å². The number of amides is 3. The molecule has 7 heteroatoms. The number of hydrogen-bond donors (Lipinski definition) is 1. The summed E-state index contributed by atoms with van der Waals surface area (Å²) < 4.78 is 0. The Balaban J connectivity index is 0.00000272. The van der Waals surface area contributed by atoms with E-state index >= 15 is 0 Å². The highest BCUT2D eigenvalue weighted by molar-refractivity contribution is 7.59. The normalized spacial score (nSPS) is 18.8. The molecule has 162 valence electrons. The van der Waals surface area contributed by atoms with Crippen LogP contribution in [0, 0.1) is 0 Å². The molecule has 0 spiro atoms. The number of carbonyl (C=O) groups is 4. The number of piperidine rings is 1. The standard InChI is InChI=1S/C24H24N2O4.H2S/c1-2-15(16-6-4-3-5-7-16)13-21(27)17-8-9-19-18(12-17)14-26(24(19)30)20-10-11-22(28)25-23(20)29;/h3-9,12,15,20H,2,10-11,13-14H2,1H3,(H,25,28,29);1H2/t15-,20?;/m1./s1. The number of nitrogens with zero attached hydrogens (tertiary/aromatic N) is 1. The molecule has 2 aromatic carbocycles. The summed E-state index contributed by atoms with van der Waals surface area (Å²) in [7, 11) is 0. The lowest BCUT2D eigenvalue weighted by Gasteiger charge is -2.29. The third-order valence-corrected chi connectivity index (χ3v) is 6.04. The molecule has 1 saturated heterocycles. The van der Waals surface area contributed by atoms with Crippen LogP contribution in [0.5, 0.6) is 0 Å². The molecule has 0 saturated carbocycles. The fraction of sp³-hybridized carbons (Fsp3) is 0.333. The fourth-order valence-electron chi connectivity index (χ4n) is 4.31. The summed E-state index contributed by atoms with van der Waals surface area (Å²) in [6.07, 6.45) is 1.82. The van der Waals surface area contributed by atoms with Gasteiger partial charge in [0.1, 0.15) is 6.04 Å². The molecule has 3 amide bonds. The second-order valence-electron chi connectivity index (χ2n) is 7.92. The van der Waals surface area contributed by atoms with Crippen molar-refractivity contribution in [3.63, 3.8) is 0 Å². The van der Waals surface area contributed by atoms with Crippen LogP contribution in [0.1, 0.15) is 70.4 Å². The van der Waals surface area contributed by atoms with E-state index in [1.165, 1.54) is 4.90 Å². The van der Waals surface area contributed by atoms with E-state index in [0.717, 1.165) is 17.5 Å². The van der Waals surface area contributed by atoms with Crippen molar-refractivity contribution in [2.75, 3.05) is 0 Å². The highest BCUT2D eigenvalue weighted by Gasteiger charge is 2.39. The Bertz CT molecular complexity index is 1020. The summed E-state index contributed by atoms with van der Waals surface area (Å²) >= 11 is 0. The first kappa shape index (κ1) is 22.7. The van der Waals surface area contributed by atoms with Gasteiger partial charge in [0.15, 0.2) is 5.78 Å². The lowest BCUT2D eigenvalue weighted by atomic mass is 9.89. The SMILES string of the molecule is CC[C@H](CC(=O)c1ccc2c(c1)CN(C1CCC(=O)NC1=O)C2=O)c1ccccc1.S. The number of benzene rings is 2. The molecule has 2 atom stereocenters. The molecule has 4 rings (SSSR count). The quantitative estimate of drug-likeness (QED) is 0.554. The van der Waals surface area contributed by atoms with Crippen molar-refractivity contribution in [2.45, 2.75) is 51.1 Å². The molecule has 2 aliphatic heterocycles. The van der Waals surface area contributed by atoms with Gasteiger partial charge >= 0.3 is 0 Å². The average molecular weight is 439 g/mol. The zero-order valence-electron chi connectivity index (χ0n) is 17.4. The van der Waals surface area contributed by atoms with Gasteiger partial charge in [0.2, 0.25) is 11.8 Å². The van der Waals surface area contributed by atoms with Gasteiger partial charge in [-0.3, -0.25) is 24.5 Å². The summed E-state index contributed by atoms with van der Waals surface area (Å²) in [4.78, 5) is 50.8. The third kappa shape index (κ3) is 4.56. The molecular weight excluding hydrogens is 412 g/mol. The molecule has 31 heavy (non-hydrogen) atoms. The van der Waals surface area contributed by atoms with Gasteiger partial charge in [0.25, 0.3) is 5.91 Å². The maximum atomic E-state index is 12.9. The van der Waals surface area contributed by atoms with E-state index in [1.807, 2.05) is 30.3 Å². The minimum atomic E-state index is -0.649. The number of nitrogens with one attached hydrogen (secondary N) is 1. The third-order valence-electron chi connectivity index (χ3n) is 6.04. The first-order valence-corrected chi connectivity index (χ1v) is 10.3. The first-order chi connectivity index (χ1) is 14.5. The molecule has 0 aromatic heterocycles. The van der Waals surface area contributed by atoms with Gasteiger partial charge in [-0.25, -0.2) is 0 Å². The molecule has 0 aliphatic carbocycles. The summed E-state index contributed by atoms with van der Waals surface area (Å²) in [5, 5.41) is 2.30. The van der Waals surface area contributed by atoms with Gasteiger partial charge in [-0.2, -0.15) is 13.5 Å². The van der Waals surface area contributed by atoms with Crippen molar-refractivity contribution in [3.8, 4) is 0 Å². The van der Waals surface area contributed by atoms with Crippen molar-refractivity contribution < 1.29 is 19.2 Å². The predicted molar refractivity (Wildman–Crippen MR) is 121 cm³/mol. The Kier molecular flexibility index (Phi) is 6.95. The summed E-state index contributed by atoms with van der Waals surface area (Å²) in [5.41, 5.74) is 3.00. The number of rotatable bonds is 6. The summed E-state index contributed by atoms with van der Waals surface area (Å²) in [6.45, 7) is 2.35. The predicted octanol–water partition coefficient (Wildman–Crippen LogP) is 3.33.